The third kappa shape index (κ3) is 5.78. The molecule has 0 atom stereocenters. The Kier molecular flexibility index (Phi) is 7.99. The molecule has 0 fully saturated rings. The van der Waals surface area contributed by atoms with Gasteiger partial charge >= 0.3 is 0 Å². The molecule has 0 unspecified atom stereocenters. The molecule has 2 aliphatic heterocycles. The smallest absolute Gasteiger partial charge is 0.164 e. The standard InChI is InChI=1S/C48H49ClN8/c1-45(2,3)33-31-32(34(46(4,5)6)36(48(10,11)12)35(33)47(7,8)9)42-53-38-26-20-14-16-22-28(26)40(51-38)56-44-30-24-18-17-23-29(30)43(57(44)49)55-39-27-21-15-13-19-25(27)37(50-39)52-41(31)54-42/h13-24H,1-12H3,(H,50,51,52,53,54,55,56). The largest absolute Gasteiger partial charge is 0.324 e. The van der Waals surface area contributed by atoms with E-state index >= 15 is 0 Å². The third-order valence-electron chi connectivity index (χ3n) is 11.1. The van der Waals surface area contributed by atoms with Gasteiger partial charge in [-0.3, -0.25) is 0 Å². The second kappa shape index (κ2) is 12.3. The van der Waals surface area contributed by atoms with Crippen molar-refractivity contribution in [2.75, 3.05) is 0 Å². The lowest BCUT2D eigenvalue weighted by Crippen LogP contribution is -2.32. The van der Waals surface area contributed by atoms with Crippen molar-refractivity contribution in [3.63, 3.8) is 0 Å². The predicted octanol–water partition coefficient (Wildman–Crippen LogP) is 12.5. The Morgan fingerprint density at radius 2 is 0.702 bits per heavy atom. The Morgan fingerprint density at radius 1 is 0.404 bits per heavy atom. The first-order chi connectivity index (χ1) is 26.7. The molecule has 8 nitrogen and oxygen atoms in total. The molecule has 0 saturated heterocycles. The molecule has 9 rings (SSSR count). The Bertz CT molecular complexity index is 2810. The lowest BCUT2D eigenvalue weighted by atomic mass is 9.63. The van der Waals surface area contributed by atoms with Gasteiger partial charge in [0.25, 0.3) is 0 Å². The number of hydrogen-bond donors (Lipinski definition) is 1. The number of rotatable bonds is 0. The molecular weight excluding hydrogens is 724 g/mol. The zero-order valence-electron chi connectivity index (χ0n) is 34.9. The number of nitrogens with one attached hydrogen (secondary N) is 1. The number of benzene rings is 4. The maximum atomic E-state index is 7.22. The minimum absolute atomic E-state index is 0.199. The Balaban J connectivity index is 1.63. The van der Waals surface area contributed by atoms with Gasteiger partial charge in [0.05, 0.1) is 0 Å². The highest BCUT2D eigenvalue weighted by Gasteiger charge is 2.40. The van der Waals surface area contributed by atoms with Gasteiger partial charge in [0.1, 0.15) is 11.3 Å². The Hall–Kier alpha value is -5.47. The summed E-state index contributed by atoms with van der Waals surface area (Å²) in [7, 11) is 0. The van der Waals surface area contributed by atoms with E-state index < -0.39 is 0 Å². The molecule has 0 saturated carbocycles. The normalized spacial score (nSPS) is 13.4. The van der Waals surface area contributed by atoms with E-state index in [9.17, 15) is 0 Å². The maximum Gasteiger partial charge on any atom is 0.164 e. The second-order valence-corrected chi connectivity index (χ2v) is 19.9. The molecule has 4 aromatic carbocycles. The highest BCUT2D eigenvalue weighted by molar-refractivity contribution is 6.25. The summed E-state index contributed by atoms with van der Waals surface area (Å²) in [6, 6.07) is 24.3. The first-order valence-electron chi connectivity index (χ1n) is 19.8. The third-order valence-corrected chi connectivity index (χ3v) is 11.4. The molecule has 8 bridgehead atoms. The van der Waals surface area contributed by atoms with Crippen molar-refractivity contribution >= 4 is 55.9 Å². The van der Waals surface area contributed by atoms with Gasteiger partial charge in [0.15, 0.2) is 34.6 Å². The minimum Gasteiger partial charge on any atom is -0.324 e. The van der Waals surface area contributed by atoms with E-state index in [2.05, 4.69) is 100 Å². The van der Waals surface area contributed by atoms with E-state index in [4.69, 9.17) is 41.7 Å². The van der Waals surface area contributed by atoms with Crippen molar-refractivity contribution in [2.45, 2.75) is 105 Å². The SMILES string of the molecule is CC(C)(C)c1c(C(C)(C)C)c(C(C)(C)C)c2c3nc4nc(nc5c6ccccc6c(nc6nc(nc([nH]3)c2c1C(C)(C)C)-c1ccccc1-6)n5Cl)-c1ccccc1-4. The van der Waals surface area contributed by atoms with Crippen LogP contribution >= 0.6 is 11.8 Å². The van der Waals surface area contributed by atoms with E-state index in [0.717, 1.165) is 43.8 Å². The summed E-state index contributed by atoms with van der Waals surface area (Å²) in [5.41, 5.74) is 10.3. The average Bonchev–Trinajstić information content (AvgIpc) is 3.84. The molecule has 0 spiro atoms. The molecule has 0 aliphatic carbocycles. The molecule has 57 heavy (non-hydrogen) atoms. The summed E-state index contributed by atoms with van der Waals surface area (Å²) in [6.45, 7) is 27.9. The molecule has 1 N–H and O–H groups in total. The predicted molar refractivity (Wildman–Crippen MR) is 236 cm³/mol. The summed E-state index contributed by atoms with van der Waals surface area (Å²) in [5, 5.41) is 3.83. The molecule has 3 aromatic heterocycles. The zero-order valence-corrected chi connectivity index (χ0v) is 35.7. The Morgan fingerprint density at radius 3 is 1.02 bits per heavy atom. The van der Waals surface area contributed by atoms with Crippen LogP contribution < -0.4 is 0 Å². The van der Waals surface area contributed by atoms with Crippen molar-refractivity contribution in [3.8, 4) is 45.6 Å². The number of H-pyrrole nitrogens is 1. The molecule has 5 heterocycles. The summed E-state index contributed by atoms with van der Waals surface area (Å²) >= 11 is 7.22. The topological polar surface area (TPSA) is 98.1 Å². The monoisotopic (exact) mass is 772 g/mol. The van der Waals surface area contributed by atoms with Crippen LogP contribution in [0.25, 0.3) is 89.7 Å². The lowest BCUT2D eigenvalue weighted by Gasteiger charge is -2.41. The zero-order chi connectivity index (χ0) is 40.6. The second-order valence-electron chi connectivity index (χ2n) is 19.6. The molecule has 2 aliphatic rings. The number of fused-ring (bicyclic) bond motifs is 20. The van der Waals surface area contributed by atoms with Crippen LogP contribution in [0.1, 0.15) is 105 Å². The minimum atomic E-state index is -0.274. The highest BCUT2D eigenvalue weighted by Crippen LogP contribution is 2.52. The van der Waals surface area contributed by atoms with Gasteiger partial charge in [0, 0.05) is 55.6 Å². The first kappa shape index (κ1) is 37.1. The molecule has 0 radical (unpaired) electrons. The highest BCUT2D eigenvalue weighted by atomic mass is 35.5. The van der Waals surface area contributed by atoms with Crippen molar-refractivity contribution in [2.24, 2.45) is 0 Å². The fourth-order valence-electron chi connectivity index (χ4n) is 8.96. The van der Waals surface area contributed by atoms with Gasteiger partial charge in [-0.15, -0.1) is 0 Å². The Labute approximate surface area is 339 Å². The van der Waals surface area contributed by atoms with Crippen LogP contribution in [0.4, 0.5) is 0 Å². The molecule has 288 valence electrons. The van der Waals surface area contributed by atoms with Crippen LogP contribution in [0.3, 0.4) is 0 Å². The van der Waals surface area contributed by atoms with Crippen LogP contribution in [0, 0.1) is 0 Å². The summed E-state index contributed by atoms with van der Waals surface area (Å²) < 4.78 is 1.52. The maximum absolute atomic E-state index is 7.22. The molecule has 7 aromatic rings. The van der Waals surface area contributed by atoms with Gasteiger partial charge < -0.3 is 4.98 Å². The van der Waals surface area contributed by atoms with Crippen LogP contribution in [0.2, 0.25) is 0 Å². The van der Waals surface area contributed by atoms with Crippen molar-refractivity contribution in [3.05, 3.63) is 95.1 Å². The van der Waals surface area contributed by atoms with E-state index in [1.807, 2.05) is 60.7 Å². The lowest BCUT2D eigenvalue weighted by molar-refractivity contribution is 0.482. The van der Waals surface area contributed by atoms with Crippen molar-refractivity contribution < 1.29 is 0 Å². The van der Waals surface area contributed by atoms with Crippen molar-refractivity contribution in [1.82, 2.24) is 39.0 Å². The summed E-state index contributed by atoms with van der Waals surface area (Å²) in [6.07, 6.45) is 0. The van der Waals surface area contributed by atoms with Crippen LogP contribution in [0.15, 0.2) is 72.8 Å². The van der Waals surface area contributed by atoms with Gasteiger partial charge in [-0.05, 0) is 43.9 Å². The van der Waals surface area contributed by atoms with E-state index in [1.54, 1.807) is 0 Å². The molecular formula is C48H49ClN8. The van der Waals surface area contributed by atoms with E-state index in [-0.39, 0.29) is 21.7 Å². The number of aromatic nitrogens is 8. The summed E-state index contributed by atoms with van der Waals surface area (Å²) in [4.78, 5) is 35.6. The number of hydrogen-bond acceptors (Lipinski definition) is 6. The van der Waals surface area contributed by atoms with E-state index in [1.165, 1.54) is 26.3 Å². The average molecular weight is 773 g/mol. The molecule has 9 heteroatoms. The molecule has 0 amide bonds. The summed E-state index contributed by atoms with van der Waals surface area (Å²) in [5.74, 6) is 2.21. The quantitative estimate of drug-likeness (QED) is 0.165. The van der Waals surface area contributed by atoms with Gasteiger partial charge in [-0.2, -0.15) is 0 Å². The fraction of sp³-hybridized carbons (Fsp3) is 0.333. The number of nitrogens with zero attached hydrogens (tertiary/aromatic N) is 7. The van der Waals surface area contributed by atoms with E-state index in [0.29, 0.717) is 45.9 Å². The van der Waals surface area contributed by atoms with Crippen molar-refractivity contribution in [1.29, 1.82) is 0 Å². The number of halogens is 1. The fourth-order valence-corrected chi connectivity index (χ4v) is 9.22. The van der Waals surface area contributed by atoms with Gasteiger partial charge in [0.2, 0.25) is 0 Å². The van der Waals surface area contributed by atoms with Crippen LogP contribution in [-0.4, -0.2) is 39.0 Å². The van der Waals surface area contributed by atoms with Gasteiger partial charge in [-0.1, -0.05) is 156 Å². The van der Waals surface area contributed by atoms with Crippen LogP contribution in [0.5, 0.6) is 0 Å². The number of aromatic amines is 1. The first-order valence-corrected chi connectivity index (χ1v) is 20.1. The van der Waals surface area contributed by atoms with Gasteiger partial charge in [-0.25, -0.2) is 34.0 Å². The van der Waals surface area contributed by atoms with Crippen LogP contribution in [-0.2, 0) is 21.7 Å².